The van der Waals surface area contributed by atoms with E-state index in [9.17, 15) is 0 Å². The summed E-state index contributed by atoms with van der Waals surface area (Å²) in [6.45, 7) is 4.20. The summed E-state index contributed by atoms with van der Waals surface area (Å²) in [6, 6.07) is 5.64. The van der Waals surface area contributed by atoms with Crippen LogP contribution in [0.4, 0.5) is 0 Å². The van der Waals surface area contributed by atoms with E-state index in [2.05, 4.69) is 25.7 Å². The van der Waals surface area contributed by atoms with Crippen molar-refractivity contribution in [2.75, 3.05) is 13.0 Å². The van der Waals surface area contributed by atoms with Crippen molar-refractivity contribution in [3.8, 4) is 23.3 Å². The van der Waals surface area contributed by atoms with E-state index in [-0.39, 0.29) is 6.10 Å². The molecule has 1 aromatic carbocycles. The van der Waals surface area contributed by atoms with Crippen molar-refractivity contribution in [2.24, 2.45) is 0 Å². The fourth-order valence-electron chi connectivity index (χ4n) is 1.65. The number of ether oxygens (including phenoxy) is 2. The van der Waals surface area contributed by atoms with Crippen molar-refractivity contribution in [3.05, 3.63) is 23.8 Å². The molecule has 0 aliphatic carbocycles. The Hall–Kier alpha value is -1.33. The summed E-state index contributed by atoms with van der Waals surface area (Å²) in [4.78, 5) is 0. The number of rotatable bonds is 5. The number of benzene rings is 1. The lowest BCUT2D eigenvalue weighted by Gasteiger charge is -2.15. The van der Waals surface area contributed by atoms with Crippen molar-refractivity contribution in [3.63, 3.8) is 0 Å². The lowest BCUT2D eigenvalue weighted by molar-refractivity contribution is 0.209. The molecule has 0 aliphatic rings. The second-order valence-corrected chi connectivity index (χ2v) is 4.28. The molecule has 1 atom stereocenters. The Balaban J connectivity index is 2.94. The van der Waals surface area contributed by atoms with Gasteiger partial charge in [-0.05, 0) is 31.5 Å². The van der Waals surface area contributed by atoms with Gasteiger partial charge >= 0.3 is 0 Å². The van der Waals surface area contributed by atoms with Gasteiger partial charge in [-0.2, -0.15) is 0 Å². The van der Waals surface area contributed by atoms with Gasteiger partial charge in [-0.1, -0.05) is 25.2 Å². The predicted molar refractivity (Wildman–Crippen MR) is 75.6 cm³/mol. The fraction of sp³-hybridized carbons (Fsp3) is 0.467. The highest BCUT2D eigenvalue weighted by Gasteiger charge is 2.08. The third-order valence-electron chi connectivity index (χ3n) is 2.50. The monoisotopic (exact) mass is 266 g/mol. The summed E-state index contributed by atoms with van der Waals surface area (Å²) in [7, 11) is 1.63. The summed E-state index contributed by atoms with van der Waals surface area (Å²) in [6.07, 6.45) is 2.30. The van der Waals surface area contributed by atoms with E-state index in [0.29, 0.717) is 5.88 Å². The average molecular weight is 267 g/mol. The van der Waals surface area contributed by atoms with Crippen LogP contribution >= 0.6 is 11.6 Å². The van der Waals surface area contributed by atoms with Crippen LogP contribution in [0, 0.1) is 11.8 Å². The van der Waals surface area contributed by atoms with E-state index < -0.39 is 0 Å². The van der Waals surface area contributed by atoms with Crippen LogP contribution in [-0.4, -0.2) is 19.1 Å². The highest BCUT2D eigenvalue weighted by Crippen LogP contribution is 2.25. The molecule has 0 fully saturated rings. The lowest BCUT2D eigenvalue weighted by atomic mass is 10.1. The van der Waals surface area contributed by atoms with Gasteiger partial charge in [0.15, 0.2) is 0 Å². The van der Waals surface area contributed by atoms with Crippen molar-refractivity contribution < 1.29 is 9.47 Å². The predicted octanol–water partition coefficient (Wildman–Crippen LogP) is 3.85. The Morgan fingerprint density at radius 3 is 2.78 bits per heavy atom. The molecule has 98 valence electrons. The van der Waals surface area contributed by atoms with Gasteiger partial charge in [0.2, 0.25) is 0 Å². The van der Waals surface area contributed by atoms with E-state index in [1.807, 2.05) is 18.2 Å². The minimum Gasteiger partial charge on any atom is -0.497 e. The first-order chi connectivity index (χ1) is 8.71. The molecule has 0 bridgehead atoms. The van der Waals surface area contributed by atoms with Gasteiger partial charge in [0.05, 0.1) is 24.7 Å². The van der Waals surface area contributed by atoms with Crippen LogP contribution in [0.3, 0.4) is 0 Å². The van der Waals surface area contributed by atoms with E-state index >= 15 is 0 Å². The second kappa shape index (κ2) is 7.89. The van der Waals surface area contributed by atoms with Crippen LogP contribution in [-0.2, 0) is 0 Å². The summed E-state index contributed by atoms with van der Waals surface area (Å²) < 4.78 is 11.1. The van der Waals surface area contributed by atoms with E-state index in [1.165, 1.54) is 0 Å². The molecule has 0 spiro atoms. The van der Waals surface area contributed by atoms with Crippen molar-refractivity contribution >= 4 is 11.6 Å². The van der Waals surface area contributed by atoms with Crippen LogP contribution in [0.5, 0.6) is 11.5 Å². The van der Waals surface area contributed by atoms with Crippen LogP contribution in [0.1, 0.15) is 32.3 Å². The van der Waals surface area contributed by atoms with Crippen LogP contribution < -0.4 is 9.47 Å². The zero-order valence-corrected chi connectivity index (χ0v) is 11.9. The highest BCUT2D eigenvalue weighted by atomic mass is 35.5. The topological polar surface area (TPSA) is 18.5 Å². The van der Waals surface area contributed by atoms with Gasteiger partial charge in [0, 0.05) is 0 Å². The SMILES string of the molecule is CCCC(C)Oc1ccc(OC)cc1C#CCCl. The summed E-state index contributed by atoms with van der Waals surface area (Å²) in [5, 5.41) is 0. The molecule has 0 heterocycles. The molecule has 0 N–H and O–H groups in total. The van der Waals surface area contributed by atoms with Crippen LogP contribution in [0.2, 0.25) is 0 Å². The van der Waals surface area contributed by atoms with Crippen molar-refractivity contribution in [2.45, 2.75) is 32.8 Å². The van der Waals surface area contributed by atoms with Crippen LogP contribution in [0.15, 0.2) is 18.2 Å². The molecule has 18 heavy (non-hydrogen) atoms. The molecule has 1 rings (SSSR count). The summed E-state index contributed by atoms with van der Waals surface area (Å²) in [5.74, 6) is 7.70. The number of alkyl halides is 1. The Morgan fingerprint density at radius 2 is 2.17 bits per heavy atom. The first-order valence-corrected chi connectivity index (χ1v) is 6.64. The first-order valence-electron chi connectivity index (χ1n) is 6.10. The normalized spacial score (nSPS) is 11.3. The minimum absolute atomic E-state index is 0.181. The zero-order chi connectivity index (χ0) is 13.4. The van der Waals surface area contributed by atoms with Gasteiger partial charge in [-0.25, -0.2) is 0 Å². The maximum Gasteiger partial charge on any atom is 0.135 e. The fourth-order valence-corrected chi connectivity index (χ4v) is 1.71. The maximum absolute atomic E-state index is 5.88. The second-order valence-electron chi connectivity index (χ2n) is 4.01. The van der Waals surface area contributed by atoms with Gasteiger partial charge in [0.1, 0.15) is 11.5 Å². The molecular weight excluding hydrogens is 248 g/mol. The molecule has 0 saturated carbocycles. The van der Waals surface area contributed by atoms with Gasteiger partial charge in [-0.3, -0.25) is 0 Å². The first kappa shape index (κ1) is 14.7. The number of methoxy groups -OCH3 is 1. The Labute approximate surface area is 114 Å². The summed E-state index contributed by atoms with van der Waals surface area (Å²) in [5.41, 5.74) is 0.818. The van der Waals surface area contributed by atoms with E-state index in [0.717, 1.165) is 29.9 Å². The molecule has 0 aromatic heterocycles. The van der Waals surface area contributed by atoms with Gasteiger partial charge < -0.3 is 9.47 Å². The molecule has 0 aliphatic heterocycles. The molecule has 3 heteroatoms. The van der Waals surface area contributed by atoms with Gasteiger partial charge in [0.25, 0.3) is 0 Å². The Kier molecular flexibility index (Phi) is 6.46. The van der Waals surface area contributed by atoms with Crippen LogP contribution in [0.25, 0.3) is 0 Å². The standard InChI is InChI=1S/C15H19ClO2/c1-4-6-12(2)18-15-9-8-14(17-3)11-13(15)7-5-10-16/h8-9,11-12H,4,6,10H2,1-3H3. The number of hydrogen-bond donors (Lipinski definition) is 0. The van der Waals surface area contributed by atoms with Crippen molar-refractivity contribution in [1.29, 1.82) is 0 Å². The minimum atomic E-state index is 0.181. The number of halogens is 1. The third-order valence-corrected chi connectivity index (χ3v) is 2.63. The molecule has 0 amide bonds. The Morgan fingerprint density at radius 1 is 1.39 bits per heavy atom. The molecule has 0 saturated heterocycles. The molecular formula is C15H19ClO2. The van der Waals surface area contributed by atoms with Gasteiger partial charge in [-0.15, -0.1) is 11.6 Å². The lowest BCUT2D eigenvalue weighted by Crippen LogP contribution is -2.11. The molecule has 1 unspecified atom stereocenters. The summed E-state index contributed by atoms with van der Waals surface area (Å²) >= 11 is 5.59. The Bertz CT molecular complexity index is 432. The largest absolute Gasteiger partial charge is 0.497 e. The van der Waals surface area contributed by atoms with E-state index in [1.54, 1.807) is 7.11 Å². The smallest absolute Gasteiger partial charge is 0.135 e. The highest BCUT2D eigenvalue weighted by molar-refractivity contribution is 6.19. The maximum atomic E-state index is 5.88. The average Bonchev–Trinajstić information content (AvgIpc) is 2.37. The van der Waals surface area contributed by atoms with Crippen molar-refractivity contribution in [1.82, 2.24) is 0 Å². The molecule has 2 nitrogen and oxygen atoms in total. The number of hydrogen-bond acceptors (Lipinski definition) is 2. The zero-order valence-electron chi connectivity index (χ0n) is 11.1. The molecule has 0 radical (unpaired) electrons. The molecule has 1 aromatic rings. The third kappa shape index (κ3) is 4.50. The quantitative estimate of drug-likeness (QED) is 0.595. The van der Waals surface area contributed by atoms with E-state index in [4.69, 9.17) is 21.1 Å².